The van der Waals surface area contributed by atoms with Crippen LogP contribution in [0.5, 0.6) is 0 Å². The Morgan fingerprint density at radius 3 is 2.69 bits per heavy atom. The highest BCUT2D eigenvalue weighted by Gasteiger charge is 2.09. The fourth-order valence-corrected chi connectivity index (χ4v) is 1.49. The lowest BCUT2D eigenvalue weighted by atomic mass is 10.3. The van der Waals surface area contributed by atoms with E-state index in [0.29, 0.717) is 23.3 Å². The van der Waals surface area contributed by atoms with Gasteiger partial charge >= 0.3 is 0 Å². The van der Waals surface area contributed by atoms with E-state index in [0.717, 1.165) is 0 Å². The van der Waals surface area contributed by atoms with Gasteiger partial charge in [0.15, 0.2) is 0 Å². The van der Waals surface area contributed by atoms with Crippen LogP contribution in [0.25, 0.3) is 0 Å². The third-order valence-corrected chi connectivity index (χ3v) is 2.40. The van der Waals surface area contributed by atoms with E-state index in [2.05, 4.69) is 31.5 Å². The van der Waals surface area contributed by atoms with Crippen molar-refractivity contribution in [2.24, 2.45) is 0 Å². The van der Waals surface area contributed by atoms with Crippen LogP contribution in [0.3, 0.4) is 0 Å². The van der Waals surface area contributed by atoms with Gasteiger partial charge in [-0.25, -0.2) is 4.98 Å². The van der Waals surface area contributed by atoms with Crippen molar-refractivity contribution >= 4 is 27.7 Å². The smallest absolute Gasteiger partial charge is 0.271 e. The summed E-state index contributed by atoms with van der Waals surface area (Å²) in [6.07, 6.45) is 1.55. The minimum atomic E-state index is -0.266. The van der Waals surface area contributed by atoms with Crippen LogP contribution in [0, 0.1) is 0 Å². The number of carbonyl (C=O) groups excluding carboxylic acids is 2. The van der Waals surface area contributed by atoms with Crippen LogP contribution in [0.15, 0.2) is 22.8 Å². The maximum atomic E-state index is 11.6. The number of nitrogens with zero attached hydrogens (tertiary/aromatic N) is 1. The van der Waals surface area contributed by atoms with Crippen LogP contribution in [-0.2, 0) is 4.79 Å². The summed E-state index contributed by atoms with van der Waals surface area (Å²) in [7, 11) is 0. The number of rotatable bonds is 4. The summed E-state index contributed by atoms with van der Waals surface area (Å²) >= 11 is 3.24. The summed E-state index contributed by atoms with van der Waals surface area (Å²) in [5.74, 6) is -0.383. The minimum absolute atomic E-state index is 0.117. The summed E-state index contributed by atoms with van der Waals surface area (Å²) in [6.45, 7) is 2.21. The van der Waals surface area contributed by atoms with Gasteiger partial charge in [0.1, 0.15) is 5.69 Å². The van der Waals surface area contributed by atoms with Gasteiger partial charge in [0.2, 0.25) is 5.91 Å². The Morgan fingerprint density at radius 1 is 1.38 bits per heavy atom. The monoisotopic (exact) mass is 285 g/mol. The van der Waals surface area contributed by atoms with Crippen molar-refractivity contribution in [1.82, 2.24) is 15.6 Å². The normalized spacial score (nSPS) is 9.62. The van der Waals surface area contributed by atoms with Crippen LogP contribution in [-0.4, -0.2) is 29.9 Å². The molecule has 0 saturated carbocycles. The first-order valence-corrected chi connectivity index (χ1v) is 5.53. The van der Waals surface area contributed by atoms with E-state index < -0.39 is 0 Å². The molecule has 16 heavy (non-hydrogen) atoms. The van der Waals surface area contributed by atoms with Crippen molar-refractivity contribution < 1.29 is 9.59 Å². The zero-order valence-corrected chi connectivity index (χ0v) is 10.4. The average molecular weight is 286 g/mol. The van der Waals surface area contributed by atoms with Crippen molar-refractivity contribution in [2.45, 2.75) is 6.92 Å². The highest BCUT2D eigenvalue weighted by Crippen LogP contribution is 2.12. The lowest BCUT2D eigenvalue weighted by Gasteiger charge is -2.05. The highest BCUT2D eigenvalue weighted by molar-refractivity contribution is 9.10. The lowest BCUT2D eigenvalue weighted by molar-refractivity contribution is -0.118. The largest absolute Gasteiger partial charge is 0.355 e. The molecular weight excluding hydrogens is 274 g/mol. The van der Waals surface area contributed by atoms with Gasteiger partial charge in [0, 0.05) is 30.7 Å². The minimum Gasteiger partial charge on any atom is -0.355 e. The Morgan fingerprint density at radius 2 is 2.06 bits per heavy atom. The van der Waals surface area contributed by atoms with Gasteiger partial charge in [-0.1, -0.05) is 0 Å². The van der Waals surface area contributed by atoms with E-state index in [4.69, 9.17) is 0 Å². The molecule has 5 nitrogen and oxygen atoms in total. The molecular formula is C10H12BrN3O2. The summed E-state index contributed by atoms with van der Waals surface area (Å²) < 4.78 is 0.645. The Bertz CT molecular complexity index is 395. The molecule has 0 spiro atoms. The summed E-state index contributed by atoms with van der Waals surface area (Å²) in [5, 5.41) is 5.23. The molecule has 86 valence electrons. The number of hydrogen-bond donors (Lipinski definition) is 2. The first kappa shape index (κ1) is 12.6. The van der Waals surface area contributed by atoms with Gasteiger partial charge in [-0.15, -0.1) is 0 Å². The maximum absolute atomic E-state index is 11.6. The zero-order chi connectivity index (χ0) is 12.0. The highest BCUT2D eigenvalue weighted by atomic mass is 79.9. The number of carbonyl (C=O) groups is 2. The first-order chi connectivity index (χ1) is 7.61. The van der Waals surface area contributed by atoms with Crippen molar-refractivity contribution in [2.75, 3.05) is 13.1 Å². The number of aromatic nitrogens is 1. The topological polar surface area (TPSA) is 71.1 Å². The van der Waals surface area contributed by atoms with Crippen LogP contribution >= 0.6 is 15.9 Å². The fourth-order valence-electron chi connectivity index (χ4n) is 1.05. The van der Waals surface area contributed by atoms with Gasteiger partial charge in [-0.2, -0.15) is 0 Å². The molecule has 1 aromatic rings. The van der Waals surface area contributed by atoms with Gasteiger partial charge in [0.05, 0.1) is 0 Å². The lowest BCUT2D eigenvalue weighted by Crippen LogP contribution is -2.34. The molecule has 6 heteroatoms. The van der Waals surface area contributed by atoms with Crippen molar-refractivity contribution in [3.63, 3.8) is 0 Å². The molecule has 0 unspecified atom stereocenters. The fraction of sp³-hybridized carbons (Fsp3) is 0.300. The molecule has 0 aliphatic rings. The molecule has 0 bridgehead atoms. The molecule has 0 atom stereocenters. The second kappa shape index (κ2) is 6.22. The van der Waals surface area contributed by atoms with Crippen molar-refractivity contribution in [1.29, 1.82) is 0 Å². The Hall–Kier alpha value is -1.43. The second-order valence-corrected chi connectivity index (χ2v) is 3.93. The molecule has 1 aromatic heterocycles. The summed E-state index contributed by atoms with van der Waals surface area (Å²) in [4.78, 5) is 26.1. The summed E-state index contributed by atoms with van der Waals surface area (Å²) in [6, 6.07) is 3.48. The molecule has 0 aliphatic heterocycles. The van der Waals surface area contributed by atoms with Crippen LogP contribution in [0.2, 0.25) is 0 Å². The number of hydrogen-bond acceptors (Lipinski definition) is 3. The zero-order valence-electron chi connectivity index (χ0n) is 8.79. The molecule has 0 fully saturated rings. The van der Waals surface area contributed by atoms with Gasteiger partial charge in [0.25, 0.3) is 5.91 Å². The van der Waals surface area contributed by atoms with Gasteiger partial charge in [-0.3, -0.25) is 9.59 Å². The predicted molar refractivity (Wildman–Crippen MR) is 63.0 cm³/mol. The van der Waals surface area contributed by atoms with Gasteiger partial charge in [-0.05, 0) is 28.1 Å². The first-order valence-electron chi connectivity index (χ1n) is 4.74. The third kappa shape index (κ3) is 3.98. The van der Waals surface area contributed by atoms with E-state index in [9.17, 15) is 9.59 Å². The molecule has 2 N–H and O–H groups in total. The number of halogens is 1. The third-order valence-electron chi connectivity index (χ3n) is 1.76. The Balaban J connectivity index is 2.41. The van der Waals surface area contributed by atoms with Crippen molar-refractivity contribution in [3.05, 3.63) is 28.5 Å². The van der Waals surface area contributed by atoms with Gasteiger partial charge < -0.3 is 10.6 Å². The van der Waals surface area contributed by atoms with Crippen LogP contribution < -0.4 is 10.6 Å². The molecule has 2 amide bonds. The van der Waals surface area contributed by atoms with Crippen LogP contribution in [0.1, 0.15) is 17.4 Å². The average Bonchev–Trinajstić information content (AvgIpc) is 2.24. The van der Waals surface area contributed by atoms with E-state index in [1.54, 1.807) is 18.3 Å². The Labute approximate surface area is 102 Å². The predicted octanol–water partition coefficient (Wildman–Crippen LogP) is 0.710. The van der Waals surface area contributed by atoms with E-state index in [1.165, 1.54) is 6.92 Å². The Kier molecular flexibility index (Phi) is 4.91. The number of nitrogens with one attached hydrogen (secondary N) is 2. The van der Waals surface area contributed by atoms with Crippen molar-refractivity contribution in [3.8, 4) is 0 Å². The molecule has 0 saturated heterocycles. The van der Waals surface area contributed by atoms with E-state index in [1.807, 2.05) is 0 Å². The van der Waals surface area contributed by atoms with E-state index >= 15 is 0 Å². The van der Waals surface area contributed by atoms with E-state index in [-0.39, 0.29) is 11.8 Å². The SMILES string of the molecule is CC(=O)NCCNC(=O)c1ncccc1Br. The number of pyridine rings is 1. The number of amides is 2. The molecule has 1 rings (SSSR count). The molecule has 0 aliphatic carbocycles. The second-order valence-electron chi connectivity index (χ2n) is 3.07. The molecule has 0 radical (unpaired) electrons. The molecule has 1 heterocycles. The maximum Gasteiger partial charge on any atom is 0.271 e. The summed E-state index contributed by atoms with van der Waals surface area (Å²) in [5.41, 5.74) is 0.338. The quantitative estimate of drug-likeness (QED) is 0.801. The standard InChI is InChI=1S/C10H12BrN3O2/c1-7(15)12-5-6-14-10(16)9-8(11)3-2-4-13-9/h2-4H,5-6H2,1H3,(H,12,15)(H,14,16). The van der Waals surface area contributed by atoms with Crippen LogP contribution in [0.4, 0.5) is 0 Å². The molecule has 0 aromatic carbocycles.